The summed E-state index contributed by atoms with van der Waals surface area (Å²) in [6.07, 6.45) is 5.20. The van der Waals surface area contributed by atoms with E-state index in [1.165, 1.54) is 7.11 Å². The molecule has 0 saturated heterocycles. The molecule has 3 heteroatoms. The third-order valence-corrected chi connectivity index (χ3v) is 1.60. The molecule has 0 atom stereocenters. The zero-order valence-corrected chi connectivity index (χ0v) is 7.20. The van der Waals surface area contributed by atoms with Crippen molar-refractivity contribution in [2.45, 2.75) is 0 Å². The predicted octanol–water partition coefficient (Wildman–Crippen LogP) is 1.04. The van der Waals surface area contributed by atoms with Gasteiger partial charge < -0.3 is 10.5 Å². The highest BCUT2D eigenvalue weighted by Crippen LogP contribution is 2.13. The number of ether oxygens (including phenoxy) is 1. The number of nitrogens with two attached hydrogens (primary N) is 1. The number of benzene rings is 1. The number of carbonyl (C=O) groups excluding carboxylic acids is 1. The Morgan fingerprint density at radius 2 is 2.31 bits per heavy atom. The van der Waals surface area contributed by atoms with Gasteiger partial charge in [0.1, 0.15) is 0 Å². The number of carbonyl (C=O) groups is 1. The largest absolute Gasteiger partial charge is 0.465 e. The molecule has 1 aromatic rings. The molecule has 0 aliphatic rings. The van der Waals surface area contributed by atoms with Crippen molar-refractivity contribution < 1.29 is 9.53 Å². The van der Waals surface area contributed by atoms with Crippen LogP contribution in [0, 0.1) is 12.3 Å². The van der Waals surface area contributed by atoms with Crippen molar-refractivity contribution in [1.82, 2.24) is 0 Å². The Morgan fingerprint density at radius 1 is 1.62 bits per heavy atom. The molecule has 0 spiro atoms. The van der Waals surface area contributed by atoms with E-state index in [0.717, 1.165) is 0 Å². The number of hydrogen-bond donors (Lipinski definition) is 1. The number of esters is 1. The molecule has 0 aliphatic carbocycles. The summed E-state index contributed by atoms with van der Waals surface area (Å²) < 4.78 is 4.54. The molecule has 1 aromatic carbocycles. The summed E-state index contributed by atoms with van der Waals surface area (Å²) in [5.41, 5.74) is 6.84. The van der Waals surface area contributed by atoms with E-state index in [9.17, 15) is 4.79 Å². The summed E-state index contributed by atoms with van der Waals surface area (Å²) in [6.45, 7) is 0. The van der Waals surface area contributed by atoms with Gasteiger partial charge in [0, 0.05) is 11.3 Å². The number of terminal acetylenes is 1. The van der Waals surface area contributed by atoms with Crippen molar-refractivity contribution in [2.75, 3.05) is 12.8 Å². The van der Waals surface area contributed by atoms with Crippen LogP contribution in [0.1, 0.15) is 15.9 Å². The van der Waals surface area contributed by atoms with E-state index in [4.69, 9.17) is 12.2 Å². The second-order valence-corrected chi connectivity index (χ2v) is 2.44. The highest BCUT2D eigenvalue weighted by atomic mass is 16.5. The maximum Gasteiger partial charge on any atom is 0.339 e. The Labute approximate surface area is 76.5 Å². The van der Waals surface area contributed by atoms with Crippen LogP contribution in [0.5, 0.6) is 0 Å². The summed E-state index contributed by atoms with van der Waals surface area (Å²) in [5.74, 6) is 1.92. The van der Waals surface area contributed by atoms with Crippen LogP contribution >= 0.6 is 0 Å². The van der Waals surface area contributed by atoms with Crippen molar-refractivity contribution in [3.63, 3.8) is 0 Å². The van der Waals surface area contributed by atoms with Crippen LogP contribution in [-0.4, -0.2) is 13.1 Å². The Hall–Kier alpha value is -1.95. The minimum absolute atomic E-state index is 0.360. The van der Waals surface area contributed by atoms with Crippen LogP contribution in [0.25, 0.3) is 0 Å². The number of methoxy groups -OCH3 is 1. The highest BCUT2D eigenvalue weighted by molar-refractivity contribution is 5.92. The van der Waals surface area contributed by atoms with Crippen LogP contribution in [0.2, 0.25) is 0 Å². The number of nitrogen functional groups attached to an aromatic ring is 1. The van der Waals surface area contributed by atoms with E-state index in [-0.39, 0.29) is 0 Å². The molecular formula is C10H9NO2. The van der Waals surface area contributed by atoms with Gasteiger partial charge in [-0.25, -0.2) is 4.79 Å². The molecule has 0 fully saturated rings. The van der Waals surface area contributed by atoms with Crippen LogP contribution in [0.3, 0.4) is 0 Å². The van der Waals surface area contributed by atoms with E-state index < -0.39 is 5.97 Å². The lowest BCUT2D eigenvalue weighted by Gasteiger charge is -2.02. The monoisotopic (exact) mass is 175 g/mol. The summed E-state index contributed by atoms with van der Waals surface area (Å²) in [5, 5.41) is 0. The van der Waals surface area contributed by atoms with E-state index in [2.05, 4.69) is 10.7 Å². The Bertz CT molecular complexity index is 377. The number of anilines is 1. The van der Waals surface area contributed by atoms with Gasteiger partial charge in [-0.15, -0.1) is 6.42 Å². The van der Waals surface area contributed by atoms with Crippen LogP contribution in [0.15, 0.2) is 18.2 Å². The first kappa shape index (κ1) is 9.14. The molecule has 13 heavy (non-hydrogen) atoms. The lowest BCUT2D eigenvalue weighted by Crippen LogP contribution is -2.04. The maximum absolute atomic E-state index is 11.1. The Kier molecular flexibility index (Phi) is 2.56. The van der Waals surface area contributed by atoms with Crippen molar-refractivity contribution in [1.29, 1.82) is 0 Å². The predicted molar refractivity (Wildman–Crippen MR) is 50.1 cm³/mol. The van der Waals surface area contributed by atoms with Gasteiger partial charge in [0.2, 0.25) is 0 Å². The van der Waals surface area contributed by atoms with E-state index in [0.29, 0.717) is 16.8 Å². The molecule has 66 valence electrons. The molecule has 0 amide bonds. The molecule has 2 N–H and O–H groups in total. The third-order valence-electron chi connectivity index (χ3n) is 1.60. The molecule has 0 radical (unpaired) electrons. The summed E-state index contributed by atoms with van der Waals surface area (Å²) in [4.78, 5) is 11.1. The van der Waals surface area contributed by atoms with Gasteiger partial charge >= 0.3 is 5.97 Å². The van der Waals surface area contributed by atoms with Gasteiger partial charge in [-0.1, -0.05) is 5.92 Å². The Balaban J connectivity index is 3.23. The molecule has 0 aliphatic heterocycles. The molecule has 0 saturated carbocycles. The normalized spacial score (nSPS) is 8.92. The van der Waals surface area contributed by atoms with Crippen LogP contribution in [-0.2, 0) is 4.74 Å². The first-order valence-electron chi connectivity index (χ1n) is 3.63. The average Bonchev–Trinajstić information content (AvgIpc) is 2.16. The fraction of sp³-hybridized carbons (Fsp3) is 0.100. The van der Waals surface area contributed by atoms with Crippen LogP contribution in [0.4, 0.5) is 5.69 Å². The Morgan fingerprint density at radius 3 is 2.85 bits per heavy atom. The zero-order valence-electron chi connectivity index (χ0n) is 7.20. The van der Waals surface area contributed by atoms with Gasteiger partial charge in [-0.05, 0) is 18.2 Å². The van der Waals surface area contributed by atoms with Gasteiger partial charge in [-0.2, -0.15) is 0 Å². The minimum atomic E-state index is -0.451. The first-order chi connectivity index (χ1) is 6.19. The van der Waals surface area contributed by atoms with Gasteiger partial charge in [-0.3, -0.25) is 0 Å². The standard InChI is InChI=1S/C10H9NO2/c1-3-7-6-8(11)4-5-9(7)10(12)13-2/h1,4-6H,11H2,2H3. The van der Waals surface area contributed by atoms with Crippen molar-refractivity contribution >= 4 is 11.7 Å². The summed E-state index contributed by atoms with van der Waals surface area (Å²) in [7, 11) is 1.30. The molecule has 3 nitrogen and oxygen atoms in total. The minimum Gasteiger partial charge on any atom is -0.465 e. The van der Waals surface area contributed by atoms with Crippen molar-refractivity contribution in [3.05, 3.63) is 29.3 Å². The average molecular weight is 175 g/mol. The number of hydrogen-bond acceptors (Lipinski definition) is 3. The second kappa shape index (κ2) is 3.63. The highest BCUT2D eigenvalue weighted by Gasteiger charge is 2.09. The van der Waals surface area contributed by atoms with Gasteiger partial charge in [0.15, 0.2) is 0 Å². The fourth-order valence-electron chi connectivity index (χ4n) is 0.969. The number of rotatable bonds is 1. The van der Waals surface area contributed by atoms with E-state index in [1.807, 2.05) is 0 Å². The lowest BCUT2D eigenvalue weighted by molar-refractivity contribution is 0.0600. The molecule has 0 aromatic heterocycles. The van der Waals surface area contributed by atoms with Crippen molar-refractivity contribution in [3.8, 4) is 12.3 Å². The van der Waals surface area contributed by atoms with E-state index >= 15 is 0 Å². The molecule has 0 heterocycles. The molecule has 0 unspecified atom stereocenters. The fourth-order valence-corrected chi connectivity index (χ4v) is 0.969. The van der Waals surface area contributed by atoms with Crippen LogP contribution < -0.4 is 5.73 Å². The summed E-state index contributed by atoms with van der Waals surface area (Å²) >= 11 is 0. The molecule has 1 rings (SSSR count). The topological polar surface area (TPSA) is 52.3 Å². The third kappa shape index (κ3) is 1.79. The maximum atomic E-state index is 11.1. The SMILES string of the molecule is C#Cc1cc(N)ccc1C(=O)OC. The summed E-state index contributed by atoms with van der Waals surface area (Å²) in [6, 6.07) is 4.72. The first-order valence-corrected chi connectivity index (χ1v) is 3.63. The molecular weight excluding hydrogens is 166 g/mol. The zero-order chi connectivity index (χ0) is 9.84. The quantitative estimate of drug-likeness (QED) is 0.394. The molecule has 0 bridgehead atoms. The second-order valence-electron chi connectivity index (χ2n) is 2.44. The smallest absolute Gasteiger partial charge is 0.339 e. The van der Waals surface area contributed by atoms with E-state index in [1.54, 1.807) is 18.2 Å². The van der Waals surface area contributed by atoms with Gasteiger partial charge in [0.05, 0.1) is 12.7 Å². The van der Waals surface area contributed by atoms with Gasteiger partial charge in [0.25, 0.3) is 0 Å². The van der Waals surface area contributed by atoms with Crippen molar-refractivity contribution in [2.24, 2.45) is 0 Å². The lowest BCUT2D eigenvalue weighted by atomic mass is 10.1.